The van der Waals surface area contributed by atoms with E-state index in [1.807, 2.05) is 99.7 Å². The molecule has 4 atom stereocenters. The number of para-hydroxylation sites is 1. The second kappa shape index (κ2) is 17.1. The van der Waals surface area contributed by atoms with Crippen LogP contribution in [0.2, 0.25) is 0 Å². The number of nitrogens with zero attached hydrogens (tertiary/aromatic N) is 3. The molecule has 0 bridgehead atoms. The van der Waals surface area contributed by atoms with Gasteiger partial charge >= 0.3 is 0 Å². The van der Waals surface area contributed by atoms with E-state index in [0.717, 1.165) is 16.5 Å². The van der Waals surface area contributed by atoms with Crippen molar-refractivity contribution in [3.05, 3.63) is 42.1 Å². The molecule has 0 saturated carbocycles. The predicted molar refractivity (Wildman–Crippen MR) is 177 cm³/mol. The lowest BCUT2D eigenvalue weighted by atomic mass is 10.0. The molecule has 0 N–H and O–H groups in total. The number of carbonyl (C=O) groups is 2. The number of thioether (sulfide) groups is 1. The van der Waals surface area contributed by atoms with Crippen LogP contribution in [0.15, 0.2) is 36.5 Å². The molecule has 0 fully saturated rings. The Morgan fingerprint density at radius 3 is 2.00 bits per heavy atom. The molecule has 0 aliphatic carbocycles. The third-order valence-corrected chi connectivity index (χ3v) is 8.11. The average molecular weight is 685 g/mol. The smallest absolute Gasteiger partial charge is 0.233 e. The van der Waals surface area contributed by atoms with Crippen LogP contribution in [-0.4, -0.2) is 86.7 Å². The fraction of sp³-hybridized carbons (Fsp3) is 0.656. The van der Waals surface area contributed by atoms with Crippen LogP contribution < -0.4 is 0 Å². The number of ether oxygens (including phenoxy) is 2. The van der Waals surface area contributed by atoms with Gasteiger partial charge in [0.25, 0.3) is 0 Å². The maximum absolute atomic E-state index is 12.6. The summed E-state index contributed by atoms with van der Waals surface area (Å²) in [6.45, 7) is 19.3. The first-order valence-electron chi connectivity index (χ1n) is 14.7. The Labute approximate surface area is 270 Å². The van der Waals surface area contributed by atoms with Crippen LogP contribution in [0.4, 0.5) is 0 Å². The molecule has 1 aromatic heterocycles. The van der Waals surface area contributed by atoms with E-state index in [2.05, 4.69) is 27.0 Å². The van der Waals surface area contributed by atoms with E-state index in [0.29, 0.717) is 23.9 Å². The number of hydrogen-bond acceptors (Lipinski definition) is 8. The molecule has 2 aromatic rings. The lowest BCUT2D eigenvalue weighted by Gasteiger charge is -2.44. The average Bonchev–Trinajstić information content (AvgIpc) is 2.91. The van der Waals surface area contributed by atoms with Gasteiger partial charge in [0.1, 0.15) is 0 Å². The summed E-state index contributed by atoms with van der Waals surface area (Å²) in [5.74, 6) is 0.567. The summed E-state index contributed by atoms with van der Waals surface area (Å²) in [6.07, 6.45) is 2.37. The molecule has 242 valence electrons. The molecule has 2 rings (SSSR count). The van der Waals surface area contributed by atoms with Crippen molar-refractivity contribution in [2.24, 2.45) is 0 Å². The maximum atomic E-state index is 12.6. The Morgan fingerprint density at radius 1 is 0.907 bits per heavy atom. The second-order valence-electron chi connectivity index (χ2n) is 13.0. The summed E-state index contributed by atoms with van der Waals surface area (Å²) >= 11 is 5.24. The van der Waals surface area contributed by atoms with Gasteiger partial charge in [0, 0.05) is 22.7 Å². The first kappa shape index (κ1) is 37.4. The first-order valence-corrected chi connectivity index (χ1v) is 16.9. The van der Waals surface area contributed by atoms with E-state index in [1.165, 1.54) is 10.1 Å². The predicted octanol–water partition coefficient (Wildman–Crippen LogP) is 6.56. The van der Waals surface area contributed by atoms with E-state index in [-0.39, 0.29) is 18.8 Å². The van der Waals surface area contributed by atoms with Crippen LogP contribution in [0, 0.1) is 0 Å². The van der Waals surface area contributed by atoms with Crippen LogP contribution in [0.1, 0.15) is 74.8 Å². The first-order chi connectivity index (χ1) is 20.1. The van der Waals surface area contributed by atoms with Gasteiger partial charge in [-0.2, -0.15) is 0 Å². The largest absolute Gasteiger partial charge is 0.377 e. The van der Waals surface area contributed by atoms with E-state index in [4.69, 9.17) is 19.1 Å². The van der Waals surface area contributed by atoms with Crippen LogP contribution in [0.25, 0.3) is 10.9 Å². The number of hydrogen-bond donors (Lipinski definition) is 0. The molecule has 43 heavy (non-hydrogen) atoms. The second-order valence-corrected chi connectivity index (χ2v) is 14.8. The topological polar surface area (TPSA) is 90.4 Å². The minimum Gasteiger partial charge on any atom is -0.377 e. The number of alkyl halides is 1. The number of carbonyl (C=O) groups excluding carboxylic acids is 2. The minimum atomic E-state index is -0.651. The lowest BCUT2D eigenvalue weighted by molar-refractivity contribution is -0.255. The van der Waals surface area contributed by atoms with Crippen molar-refractivity contribution >= 4 is 51.4 Å². The van der Waals surface area contributed by atoms with Crippen molar-refractivity contribution < 1.29 is 28.7 Å². The fourth-order valence-corrected chi connectivity index (χ4v) is 6.44. The van der Waals surface area contributed by atoms with E-state index >= 15 is 0 Å². The van der Waals surface area contributed by atoms with Crippen LogP contribution in [-0.2, 0) is 34.5 Å². The number of amides is 2. The van der Waals surface area contributed by atoms with Crippen molar-refractivity contribution in [2.75, 3.05) is 11.9 Å². The Kier molecular flexibility index (Phi) is 14.9. The van der Waals surface area contributed by atoms with Gasteiger partial charge in [-0.15, -0.1) is 11.8 Å². The van der Waals surface area contributed by atoms with E-state index in [1.54, 1.807) is 11.8 Å². The Balaban J connectivity index is 2.67. The molecule has 0 radical (unpaired) electrons. The van der Waals surface area contributed by atoms with Crippen molar-refractivity contribution in [3.8, 4) is 0 Å². The number of halogens is 1. The molecule has 2 amide bonds. The lowest BCUT2D eigenvalue weighted by Crippen LogP contribution is -2.59. The minimum absolute atomic E-state index is 0.0897. The van der Waals surface area contributed by atoms with Gasteiger partial charge < -0.3 is 9.47 Å². The molecular weight excluding hydrogens is 634 g/mol. The van der Waals surface area contributed by atoms with Gasteiger partial charge in [-0.25, -0.2) is 10.1 Å². The Hall–Kier alpha value is -1.76. The van der Waals surface area contributed by atoms with Crippen molar-refractivity contribution in [3.63, 3.8) is 0 Å². The molecule has 3 unspecified atom stereocenters. The zero-order chi connectivity index (χ0) is 32.4. The standard InChI is InChI=1S/C32H50BrN3O6S/c1-22(2)39-18-28(36(21-38)42-32(8,9)10)30(43-19-24-15-25-13-11-12-14-26(25)34-17-24)29(40-23(3)4)27(16-33)35(20-37)41-31(5,6)7/h11-15,17,20-23,27-30H,16,18-19H2,1-10H3/t27?,28-,29?,30?/m0/s1. The molecule has 9 nitrogen and oxygen atoms in total. The van der Waals surface area contributed by atoms with E-state index < -0.39 is 34.6 Å². The normalized spacial score (nSPS) is 15.4. The quantitative estimate of drug-likeness (QED) is 0.0991. The number of rotatable bonds is 18. The highest BCUT2D eigenvalue weighted by atomic mass is 79.9. The van der Waals surface area contributed by atoms with Gasteiger partial charge in [0.15, 0.2) is 0 Å². The summed E-state index contributed by atoms with van der Waals surface area (Å²) in [4.78, 5) is 42.0. The highest BCUT2D eigenvalue weighted by Crippen LogP contribution is 2.34. The zero-order valence-corrected chi connectivity index (χ0v) is 29.7. The third kappa shape index (κ3) is 12.6. The van der Waals surface area contributed by atoms with Crippen molar-refractivity contribution in [2.45, 2.75) is 122 Å². The highest BCUT2D eigenvalue weighted by molar-refractivity contribution is 9.09. The van der Waals surface area contributed by atoms with Crippen LogP contribution in [0.3, 0.4) is 0 Å². The van der Waals surface area contributed by atoms with Gasteiger partial charge in [-0.1, -0.05) is 34.1 Å². The molecule has 0 aliphatic heterocycles. The van der Waals surface area contributed by atoms with Gasteiger partial charge in [-0.05, 0) is 86.9 Å². The van der Waals surface area contributed by atoms with Gasteiger partial charge in [0.2, 0.25) is 12.8 Å². The van der Waals surface area contributed by atoms with Crippen molar-refractivity contribution in [1.82, 2.24) is 15.1 Å². The molecule has 0 aliphatic rings. The zero-order valence-electron chi connectivity index (χ0n) is 27.3. The Morgan fingerprint density at radius 2 is 1.49 bits per heavy atom. The number of benzene rings is 1. The summed E-state index contributed by atoms with van der Waals surface area (Å²) in [5.41, 5.74) is 0.654. The number of pyridine rings is 1. The molecule has 1 aromatic carbocycles. The van der Waals surface area contributed by atoms with Gasteiger partial charge in [0.05, 0.1) is 59.0 Å². The molecule has 0 spiro atoms. The number of hydroxylamine groups is 4. The molecular formula is C32H50BrN3O6S. The molecule has 11 heteroatoms. The van der Waals surface area contributed by atoms with E-state index in [9.17, 15) is 9.59 Å². The fourth-order valence-electron chi connectivity index (χ4n) is 4.39. The summed E-state index contributed by atoms with van der Waals surface area (Å²) in [5, 5.41) is 3.65. The van der Waals surface area contributed by atoms with Crippen molar-refractivity contribution in [1.29, 1.82) is 0 Å². The summed E-state index contributed by atoms with van der Waals surface area (Å²) < 4.78 is 12.8. The Bertz CT molecular complexity index is 1140. The third-order valence-electron chi connectivity index (χ3n) is 5.98. The number of aromatic nitrogens is 1. The molecule has 0 saturated heterocycles. The summed E-state index contributed by atoms with van der Waals surface area (Å²) in [6, 6.07) is 8.98. The SMILES string of the molecule is CC(C)OC[C@@H](C(SCc1cnc2ccccc2c1)C(OC(C)C)C(CBr)N(C=O)OC(C)(C)C)N(C=O)OC(C)(C)C. The van der Waals surface area contributed by atoms with Gasteiger partial charge in [-0.3, -0.25) is 24.2 Å². The molecule has 1 heterocycles. The highest BCUT2D eigenvalue weighted by Gasteiger charge is 2.43. The monoisotopic (exact) mass is 683 g/mol. The van der Waals surface area contributed by atoms with Crippen LogP contribution >= 0.6 is 27.7 Å². The van der Waals surface area contributed by atoms with Crippen LogP contribution in [0.5, 0.6) is 0 Å². The number of fused-ring (bicyclic) bond motifs is 1. The summed E-state index contributed by atoms with van der Waals surface area (Å²) in [7, 11) is 0. The maximum Gasteiger partial charge on any atom is 0.233 e.